The molecule has 0 aliphatic heterocycles. The molecule has 1 saturated carbocycles. The number of benzene rings is 1. The summed E-state index contributed by atoms with van der Waals surface area (Å²) in [6, 6.07) is 6.25. The van der Waals surface area contributed by atoms with Crippen molar-refractivity contribution in [2.75, 3.05) is 18.0 Å². The summed E-state index contributed by atoms with van der Waals surface area (Å²) < 4.78 is 13.4. The maximum absolute atomic E-state index is 13.4. The summed E-state index contributed by atoms with van der Waals surface area (Å²) in [5.74, 6) is 0.465. The maximum Gasteiger partial charge on any atom is 0.226 e. The van der Waals surface area contributed by atoms with E-state index in [0.29, 0.717) is 31.1 Å². The van der Waals surface area contributed by atoms with E-state index in [1.54, 1.807) is 17.0 Å². The van der Waals surface area contributed by atoms with Crippen LogP contribution in [0.15, 0.2) is 24.3 Å². The van der Waals surface area contributed by atoms with Crippen LogP contribution in [-0.2, 0) is 4.79 Å². The van der Waals surface area contributed by atoms with Crippen LogP contribution in [-0.4, -0.2) is 19.0 Å². The van der Waals surface area contributed by atoms with E-state index in [9.17, 15) is 9.18 Å². The van der Waals surface area contributed by atoms with Gasteiger partial charge in [0.2, 0.25) is 5.91 Å². The van der Waals surface area contributed by atoms with Gasteiger partial charge in [-0.25, -0.2) is 4.39 Å². The lowest BCUT2D eigenvalue weighted by molar-refractivity contribution is -0.118. The third kappa shape index (κ3) is 4.81. The molecule has 1 amide bonds. The van der Waals surface area contributed by atoms with Crippen molar-refractivity contribution in [3.05, 3.63) is 30.1 Å². The van der Waals surface area contributed by atoms with Gasteiger partial charge in [0.15, 0.2) is 0 Å². The molecule has 0 unspecified atom stereocenters. The first kappa shape index (κ1) is 16.0. The van der Waals surface area contributed by atoms with Gasteiger partial charge < -0.3 is 10.6 Å². The number of halogens is 1. The highest BCUT2D eigenvalue weighted by molar-refractivity contribution is 5.93. The zero-order valence-corrected chi connectivity index (χ0v) is 12.6. The second kappa shape index (κ2) is 8.13. The summed E-state index contributed by atoms with van der Waals surface area (Å²) in [5.41, 5.74) is 6.19. The molecule has 4 heteroatoms. The molecule has 1 aromatic carbocycles. The highest BCUT2D eigenvalue weighted by Crippen LogP contribution is 2.29. The van der Waals surface area contributed by atoms with Crippen LogP contribution in [0.2, 0.25) is 0 Å². The standard InChI is InChI=1S/C17H25FN2O/c18-15-7-3-8-16(13-15)20(12-4-11-19)17(21)10-9-14-5-1-2-6-14/h3,7-8,13-14H,1-2,4-6,9-12,19H2. The van der Waals surface area contributed by atoms with Crippen LogP contribution in [0.5, 0.6) is 0 Å². The molecule has 0 atom stereocenters. The third-order valence-electron chi connectivity index (χ3n) is 4.25. The summed E-state index contributed by atoms with van der Waals surface area (Å²) in [7, 11) is 0. The van der Waals surface area contributed by atoms with E-state index in [1.807, 2.05) is 0 Å². The summed E-state index contributed by atoms with van der Waals surface area (Å²) in [5, 5.41) is 0. The van der Waals surface area contributed by atoms with Crippen molar-refractivity contribution in [2.24, 2.45) is 11.7 Å². The molecular formula is C17H25FN2O. The van der Waals surface area contributed by atoms with E-state index in [4.69, 9.17) is 5.73 Å². The van der Waals surface area contributed by atoms with Gasteiger partial charge in [0, 0.05) is 18.7 Å². The van der Waals surface area contributed by atoms with Crippen molar-refractivity contribution in [3.63, 3.8) is 0 Å². The Morgan fingerprint density at radius 3 is 2.76 bits per heavy atom. The van der Waals surface area contributed by atoms with E-state index in [1.165, 1.54) is 37.8 Å². The second-order valence-electron chi connectivity index (χ2n) is 5.86. The van der Waals surface area contributed by atoms with E-state index in [0.717, 1.165) is 12.8 Å². The van der Waals surface area contributed by atoms with Crippen molar-refractivity contribution >= 4 is 11.6 Å². The summed E-state index contributed by atoms with van der Waals surface area (Å²) in [6.45, 7) is 1.09. The fourth-order valence-corrected chi connectivity index (χ4v) is 3.05. The predicted molar refractivity (Wildman–Crippen MR) is 83.6 cm³/mol. The Labute approximate surface area is 126 Å². The van der Waals surface area contributed by atoms with Gasteiger partial charge in [-0.15, -0.1) is 0 Å². The zero-order valence-electron chi connectivity index (χ0n) is 12.6. The molecule has 1 aromatic rings. The van der Waals surface area contributed by atoms with Gasteiger partial charge >= 0.3 is 0 Å². The van der Waals surface area contributed by atoms with Gasteiger partial charge in [-0.1, -0.05) is 31.7 Å². The molecule has 1 fully saturated rings. The van der Waals surface area contributed by atoms with Gasteiger partial charge in [-0.05, 0) is 43.5 Å². The van der Waals surface area contributed by atoms with Crippen LogP contribution in [0.1, 0.15) is 44.9 Å². The highest BCUT2D eigenvalue weighted by atomic mass is 19.1. The third-order valence-corrected chi connectivity index (χ3v) is 4.25. The molecule has 0 aromatic heterocycles. The first-order chi connectivity index (χ1) is 10.2. The number of hydrogen-bond acceptors (Lipinski definition) is 2. The summed E-state index contributed by atoms with van der Waals surface area (Å²) in [4.78, 5) is 14.2. The molecule has 2 rings (SSSR count). The Bertz CT molecular complexity index is 458. The molecule has 21 heavy (non-hydrogen) atoms. The molecule has 116 valence electrons. The Morgan fingerprint density at radius 2 is 2.10 bits per heavy atom. The highest BCUT2D eigenvalue weighted by Gasteiger charge is 2.20. The summed E-state index contributed by atoms with van der Waals surface area (Å²) >= 11 is 0. The minimum absolute atomic E-state index is 0.0842. The molecule has 0 heterocycles. The Morgan fingerprint density at radius 1 is 1.33 bits per heavy atom. The number of anilines is 1. The van der Waals surface area contributed by atoms with Crippen molar-refractivity contribution < 1.29 is 9.18 Å². The van der Waals surface area contributed by atoms with Gasteiger partial charge in [-0.3, -0.25) is 4.79 Å². The lowest BCUT2D eigenvalue weighted by atomic mass is 10.0. The Hall–Kier alpha value is -1.42. The molecule has 3 nitrogen and oxygen atoms in total. The Kier molecular flexibility index (Phi) is 6.18. The molecule has 0 saturated heterocycles. The smallest absolute Gasteiger partial charge is 0.226 e. The van der Waals surface area contributed by atoms with Crippen LogP contribution < -0.4 is 10.6 Å². The maximum atomic E-state index is 13.4. The van der Waals surface area contributed by atoms with E-state index in [2.05, 4.69) is 0 Å². The molecule has 0 bridgehead atoms. The molecule has 2 N–H and O–H groups in total. The lowest BCUT2D eigenvalue weighted by Crippen LogP contribution is -2.33. The molecule has 1 aliphatic rings. The number of hydrogen-bond donors (Lipinski definition) is 1. The van der Waals surface area contributed by atoms with Crippen molar-refractivity contribution in [1.82, 2.24) is 0 Å². The van der Waals surface area contributed by atoms with Gasteiger partial charge in [0.25, 0.3) is 0 Å². The molecule has 1 aliphatic carbocycles. The van der Waals surface area contributed by atoms with E-state index >= 15 is 0 Å². The van der Waals surface area contributed by atoms with Crippen LogP contribution in [0.3, 0.4) is 0 Å². The average molecular weight is 292 g/mol. The van der Waals surface area contributed by atoms with Crippen LogP contribution in [0.25, 0.3) is 0 Å². The first-order valence-corrected chi connectivity index (χ1v) is 7.96. The van der Waals surface area contributed by atoms with Crippen molar-refractivity contribution in [3.8, 4) is 0 Å². The number of carbonyl (C=O) groups is 1. The minimum Gasteiger partial charge on any atom is -0.330 e. The van der Waals surface area contributed by atoms with Gasteiger partial charge in [0.05, 0.1) is 0 Å². The summed E-state index contributed by atoms with van der Waals surface area (Å²) in [6.07, 6.45) is 7.30. The van der Waals surface area contributed by atoms with Gasteiger partial charge in [0.1, 0.15) is 5.82 Å². The largest absolute Gasteiger partial charge is 0.330 e. The van der Waals surface area contributed by atoms with Crippen LogP contribution in [0.4, 0.5) is 10.1 Å². The SMILES string of the molecule is NCCCN(C(=O)CCC1CCCC1)c1cccc(F)c1. The minimum atomic E-state index is -0.311. The fourth-order valence-electron chi connectivity index (χ4n) is 3.05. The predicted octanol–water partition coefficient (Wildman–Crippen LogP) is 3.48. The number of nitrogens with two attached hydrogens (primary N) is 1. The number of nitrogens with zero attached hydrogens (tertiary/aromatic N) is 1. The van der Waals surface area contributed by atoms with Crippen LogP contribution in [0, 0.1) is 11.7 Å². The zero-order chi connectivity index (χ0) is 15.1. The average Bonchev–Trinajstić information content (AvgIpc) is 2.99. The normalized spacial score (nSPS) is 15.3. The van der Waals surface area contributed by atoms with E-state index < -0.39 is 0 Å². The lowest BCUT2D eigenvalue weighted by Gasteiger charge is -2.23. The molecular weight excluding hydrogens is 267 g/mol. The fraction of sp³-hybridized carbons (Fsp3) is 0.588. The Balaban J connectivity index is 1.98. The monoisotopic (exact) mass is 292 g/mol. The first-order valence-electron chi connectivity index (χ1n) is 7.96. The van der Waals surface area contributed by atoms with Crippen molar-refractivity contribution in [1.29, 1.82) is 0 Å². The molecule has 0 spiro atoms. The number of rotatable bonds is 7. The van der Waals surface area contributed by atoms with Gasteiger partial charge in [-0.2, -0.15) is 0 Å². The second-order valence-corrected chi connectivity index (χ2v) is 5.86. The number of amides is 1. The topological polar surface area (TPSA) is 46.3 Å². The molecule has 0 radical (unpaired) electrons. The van der Waals surface area contributed by atoms with E-state index in [-0.39, 0.29) is 11.7 Å². The van der Waals surface area contributed by atoms with Crippen LogP contribution >= 0.6 is 0 Å². The van der Waals surface area contributed by atoms with Crippen molar-refractivity contribution in [2.45, 2.75) is 44.9 Å². The number of carbonyl (C=O) groups excluding carboxylic acids is 1. The quantitative estimate of drug-likeness (QED) is 0.836.